The first kappa shape index (κ1) is 10.2. The predicted molar refractivity (Wildman–Crippen MR) is 51.8 cm³/mol. The minimum Gasteiger partial charge on any atom is -0.317 e. The number of nitrogens with one attached hydrogen (secondary N) is 1. The van der Waals surface area contributed by atoms with Gasteiger partial charge >= 0.3 is 0 Å². The molecule has 62 valence electrons. The molecule has 0 aliphatic carbocycles. The van der Waals surface area contributed by atoms with Gasteiger partial charge in [0, 0.05) is 10.2 Å². The third-order valence-corrected chi connectivity index (χ3v) is 2.37. The summed E-state index contributed by atoms with van der Waals surface area (Å²) in [5.41, 5.74) is 0. The largest absolute Gasteiger partial charge is 0.317 e. The Bertz CT molecular complexity index is 49.2. The van der Waals surface area contributed by atoms with Crippen LogP contribution in [0.1, 0.15) is 32.6 Å². The molecule has 2 heteroatoms. The zero-order chi connectivity index (χ0) is 7.66. The summed E-state index contributed by atoms with van der Waals surface area (Å²) in [6.45, 7) is 4.72. The second-order valence-electron chi connectivity index (χ2n) is 2.81. The van der Waals surface area contributed by atoms with E-state index in [-0.39, 0.29) is 0 Å². The smallest absolute Gasteiger partial charge is 0.00286 e. The molecule has 0 unspecified atom stereocenters. The van der Waals surface area contributed by atoms with Crippen LogP contribution in [0.25, 0.3) is 0 Å². The van der Waals surface area contributed by atoms with Crippen molar-refractivity contribution >= 4 is 10.2 Å². The van der Waals surface area contributed by atoms with E-state index in [4.69, 9.17) is 0 Å². The van der Waals surface area contributed by atoms with Crippen LogP contribution in [-0.2, 0) is 0 Å². The van der Waals surface area contributed by atoms with Gasteiger partial charge in [0.2, 0.25) is 0 Å². The Hall–Kier alpha value is 0.177. The maximum atomic E-state index is 3.44. The van der Waals surface area contributed by atoms with E-state index in [0.717, 1.165) is 0 Å². The van der Waals surface area contributed by atoms with E-state index >= 15 is 0 Å². The summed E-state index contributed by atoms with van der Waals surface area (Å²) in [5, 5.41) is 3.44. The van der Waals surface area contributed by atoms with Crippen LogP contribution in [-0.4, -0.2) is 23.3 Å². The molecule has 0 fully saturated rings. The molecule has 0 saturated heterocycles. The molecular formula is C8H21NSi. The summed E-state index contributed by atoms with van der Waals surface area (Å²) in [6, 6.07) is 1.45. The van der Waals surface area contributed by atoms with E-state index in [1.807, 2.05) is 0 Å². The Balaban J connectivity index is 2.65. The first-order chi connectivity index (χ1) is 4.91. The molecular weight excluding hydrogens is 138 g/mol. The van der Waals surface area contributed by atoms with E-state index in [1.165, 1.54) is 55.1 Å². The number of unbranched alkanes of at least 4 members (excludes halogenated alkanes) is 2. The van der Waals surface area contributed by atoms with Crippen molar-refractivity contribution in [2.24, 2.45) is 0 Å². The van der Waals surface area contributed by atoms with Crippen molar-refractivity contribution < 1.29 is 0 Å². The van der Waals surface area contributed by atoms with Crippen LogP contribution in [0, 0.1) is 0 Å². The first-order valence-electron chi connectivity index (χ1n) is 4.62. The fraction of sp³-hybridized carbons (Fsp3) is 1.00. The average molecular weight is 159 g/mol. The lowest BCUT2D eigenvalue weighted by Gasteiger charge is -2.01. The molecule has 0 aliphatic rings. The van der Waals surface area contributed by atoms with Crippen molar-refractivity contribution in [2.45, 2.75) is 38.7 Å². The minimum absolute atomic E-state index is 1.23. The Labute approximate surface area is 68.0 Å². The van der Waals surface area contributed by atoms with Gasteiger partial charge in [0.15, 0.2) is 0 Å². The summed E-state index contributed by atoms with van der Waals surface area (Å²) >= 11 is 0. The highest BCUT2D eigenvalue weighted by Gasteiger charge is 1.85. The maximum Gasteiger partial charge on any atom is 0.00286 e. The van der Waals surface area contributed by atoms with Gasteiger partial charge in [-0.1, -0.05) is 25.8 Å². The molecule has 0 spiro atoms. The van der Waals surface area contributed by atoms with Gasteiger partial charge in [-0.15, -0.1) is 0 Å². The molecule has 0 amide bonds. The zero-order valence-electron chi connectivity index (χ0n) is 7.45. The van der Waals surface area contributed by atoms with Gasteiger partial charge in [-0.05, 0) is 25.9 Å². The van der Waals surface area contributed by atoms with Crippen LogP contribution in [0.3, 0.4) is 0 Å². The molecule has 0 atom stereocenters. The molecule has 0 saturated carbocycles. The van der Waals surface area contributed by atoms with Crippen LogP contribution < -0.4 is 5.32 Å². The maximum absolute atomic E-state index is 3.44. The topological polar surface area (TPSA) is 12.0 Å². The highest BCUT2D eigenvalue weighted by molar-refractivity contribution is 6.08. The predicted octanol–water partition coefficient (Wildman–Crippen LogP) is 0.940. The SMILES string of the molecule is CCCCCNCCC[SiH3]. The van der Waals surface area contributed by atoms with Gasteiger partial charge in [-0.25, -0.2) is 0 Å². The average Bonchev–Trinajstić information content (AvgIpc) is 1.97. The van der Waals surface area contributed by atoms with Crippen molar-refractivity contribution in [3.05, 3.63) is 0 Å². The molecule has 0 bridgehead atoms. The van der Waals surface area contributed by atoms with Crippen LogP contribution in [0.2, 0.25) is 6.04 Å². The standard InChI is InChI=1S/C8H21NSi/c1-2-3-4-6-9-7-5-8-10/h9H,2-8H2,1,10H3. The second kappa shape index (κ2) is 9.18. The lowest BCUT2D eigenvalue weighted by molar-refractivity contribution is 0.611. The van der Waals surface area contributed by atoms with Gasteiger partial charge in [0.1, 0.15) is 0 Å². The lowest BCUT2D eigenvalue weighted by Crippen LogP contribution is -2.16. The summed E-state index contributed by atoms with van der Waals surface area (Å²) < 4.78 is 0. The Morgan fingerprint density at radius 3 is 2.40 bits per heavy atom. The molecule has 1 N–H and O–H groups in total. The number of hydrogen-bond donors (Lipinski definition) is 1. The van der Waals surface area contributed by atoms with E-state index in [0.29, 0.717) is 0 Å². The quantitative estimate of drug-likeness (QED) is 0.431. The van der Waals surface area contributed by atoms with Gasteiger partial charge in [-0.2, -0.15) is 0 Å². The first-order valence-corrected chi connectivity index (χ1v) is 6.04. The third kappa shape index (κ3) is 8.18. The minimum atomic E-state index is 1.23. The van der Waals surface area contributed by atoms with Crippen molar-refractivity contribution in [3.8, 4) is 0 Å². The van der Waals surface area contributed by atoms with Gasteiger partial charge in [-0.3, -0.25) is 0 Å². The summed E-state index contributed by atoms with van der Waals surface area (Å²) in [5.74, 6) is 0. The molecule has 0 heterocycles. The van der Waals surface area contributed by atoms with Gasteiger partial charge < -0.3 is 5.32 Å². The van der Waals surface area contributed by atoms with E-state index in [9.17, 15) is 0 Å². The van der Waals surface area contributed by atoms with E-state index < -0.39 is 0 Å². The molecule has 0 radical (unpaired) electrons. The van der Waals surface area contributed by atoms with Gasteiger partial charge in [0.25, 0.3) is 0 Å². The summed E-state index contributed by atoms with van der Waals surface area (Å²) in [7, 11) is 1.37. The molecule has 0 aromatic heterocycles. The third-order valence-electron chi connectivity index (χ3n) is 1.66. The van der Waals surface area contributed by atoms with Crippen LogP contribution in [0.4, 0.5) is 0 Å². The van der Waals surface area contributed by atoms with Crippen molar-refractivity contribution in [2.75, 3.05) is 13.1 Å². The highest BCUT2D eigenvalue weighted by atomic mass is 28.1. The molecule has 1 nitrogen and oxygen atoms in total. The molecule has 0 aliphatic heterocycles. The summed E-state index contributed by atoms with van der Waals surface area (Å²) in [4.78, 5) is 0. The van der Waals surface area contributed by atoms with E-state index in [2.05, 4.69) is 12.2 Å². The Morgan fingerprint density at radius 1 is 1.10 bits per heavy atom. The zero-order valence-corrected chi connectivity index (χ0v) is 9.45. The second-order valence-corrected chi connectivity index (χ2v) is 3.81. The molecule has 0 aromatic carbocycles. The monoisotopic (exact) mass is 159 g/mol. The van der Waals surface area contributed by atoms with Crippen LogP contribution >= 0.6 is 0 Å². The fourth-order valence-corrected chi connectivity index (χ4v) is 1.28. The summed E-state index contributed by atoms with van der Waals surface area (Å²) in [6.07, 6.45) is 5.46. The van der Waals surface area contributed by atoms with Crippen molar-refractivity contribution in [3.63, 3.8) is 0 Å². The van der Waals surface area contributed by atoms with Crippen LogP contribution in [0.5, 0.6) is 0 Å². The molecule has 0 aromatic rings. The lowest BCUT2D eigenvalue weighted by atomic mass is 10.2. The number of rotatable bonds is 7. The number of hydrogen-bond acceptors (Lipinski definition) is 1. The molecule has 0 rings (SSSR count). The molecule has 10 heavy (non-hydrogen) atoms. The van der Waals surface area contributed by atoms with Crippen LogP contribution in [0.15, 0.2) is 0 Å². The Morgan fingerprint density at radius 2 is 1.80 bits per heavy atom. The van der Waals surface area contributed by atoms with E-state index in [1.54, 1.807) is 0 Å². The van der Waals surface area contributed by atoms with Crippen molar-refractivity contribution in [1.29, 1.82) is 0 Å². The van der Waals surface area contributed by atoms with Gasteiger partial charge in [0.05, 0.1) is 0 Å². The van der Waals surface area contributed by atoms with Crippen molar-refractivity contribution in [1.82, 2.24) is 5.32 Å². The Kier molecular flexibility index (Phi) is 9.34. The fourth-order valence-electron chi connectivity index (χ4n) is 0.927. The highest BCUT2D eigenvalue weighted by Crippen LogP contribution is 1.91. The normalized spacial score (nSPS) is 10.5.